The first kappa shape index (κ1) is 15.4. The number of halogens is 3. The summed E-state index contributed by atoms with van der Waals surface area (Å²) >= 11 is 3.08. The van der Waals surface area contributed by atoms with E-state index in [4.69, 9.17) is 4.74 Å². The number of nitro benzene ring substituents is 1. The molecular weight excluding hydrogens is 348 g/mol. The van der Waals surface area contributed by atoms with Gasteiger partial charge in [-0.3, -0.25) is 10.1 Å². The molecule has 7 heteroatoms. The van der Waals surface area contributed by atoms with E-state index in [1.165, 1.54) is 25.1 Å². The van der Waals surface area contributed by atoms with Gasteiger partial charge in [0.05, 0.1) is 15.5 Å². The largest absolute Gasteiger partial charge is 0.486 e. The minimum atomic E-state index is -0.833. The van der Waals surface area contributed by atoms with Crippen molar-refractivity contribution >= 4 is 21.6 Å². The van der Waals surface area contributed by atoms with Crippen LogP contribution in [0.1, 0.15) is 11.1 Å². The average molecular weight is 358 g/mol. The number of aryl methyl sites for hydroxylation is 1. The highest BCUT2D eigenvalue weighted by molar-refractivity contribution is 9.10. The Kier molecular flexibility index (Phi) is 4.52. The van der Waals surface area contributed by atoms with Crippen LogP contribution in [-0.4, -0.2) is 4.92 Å². The third-order valence-electron chi connectivity index (χ3n) is 2.86. The van der Waals surface area contributed by atoms with Crippen molar-refractivity contribution in [3.8, 4) is 5.75 Å². The van der Waals surface area contributed by atoms with Crippen LogP contribution in [0.5, 0.6) is 5.75 Å². The predicted molar refractivity (Wildman–Crippen MR) is 76.2 cm³/mol. The first-order valence-corrected chi connectivity index (χ1v) is 6.69. The lowest BCUT2D eigenvalue weighted by Crippen LogP contribution is -2.01. The summed E-state index contributed by atoms with van der Waals surface area (Å²) in [6, 6.07) is 6.48. The number of benzene rings is 2. The fourth-order valence-electron chi connectivity index (χ4n) is 1.77. The smallest absolute Gasteiger partial charge is 0.275 e. The van der Waals surface area contributed by atoms with Gasteiger partial charge >= 0.3 is 0 Å². The van der Waals surface area contributed by atoms with Gasteiger partial charge in [-0.2, -0.15) is 0 Å². The molecule has 0 aliphatic carbocycles. The fraction of sp³-hybridized carbons (Fsp3) is 0.143. The lowest BCUT2D eigenvalue weighted by Gasteiger charge is -2.10. The van der Waals surface area contributed by atoms with Crippen LogP contribution in [0.3, 0.4) is 0 Å². The van der Waals surface area contributed by atoms with Gasteiger partial charge in [-0.25, -0.2) is 8.78 Å². The molecule has 21 heavy (non-hydrogen) atoms. The van der Waals surface area contributed by atoms with Gasteiger partial charge in [0.1, 0.15) is 12.4 Å². The highest BCUT2D eigenvalue weighted by Gasteiger charge is 2.16. The molecular formula is C14H10BrF2NO3. The van der Waals surface area contributed by atoms with Crippen molar-refractivity contribution in [2.75, 3.05) is 0 Å². The molecule has 0 unspecified atom stereocenters. The van der Waals surface area contributed by atoms with Crippen LogP contribution in [0.4, 0.5) is 14.5 Å². The summed E-state index contributed by atoms with van der Waals surface area (Å²) in [5, 5.41) is 10.7. The Morgan fingerprint density at radius 1 is 1.29 bits per heavy atom. The molecule has 0 aliphatic rings. The molecule has 0 bridgehead atoms. The molecule has 0 amide bonds. The number of nitrogens with zero attached hydrogens (tertiary/aromatic N) is 1. The van der Waals surface area contributed by atoms with Gasteiger partial charge in [-0.15, -0.1) is 0 Å². The van der Waals surface area contributed by atoms with Crippen LogP contribution in [0, 0.1) is 28.7 Å². The van der Waals surface area contributed by atoms with Crippen LogP contribution in [0.25, 0.3) is 0 Å². The molecule has 0 N–H and O–H groups in total. The number of rotatable bonds is 4. The normalized spacial score (nSPS) is 10.5. The van der Waals surface area contributed by atoms with Crippen LogP contribution in [0.2, 0.25) is 0 Å². The van der Waals surface area contributed by atoms with Crippen molar-refractivity contribution < 1.29 is 18.4 Å². The highest BCUT2D eigenvalue weighted by Crippen LogP contribution is 2.28. The van der Waals surface area contributed by atoms with Gasteiger partial charge in [-0.1, -0.05) is 12.1 Å². The van der Waals surface area contributed by atoms with E-state index in [2.05, 4.69) is 15.9 Å². The zero-order chi connectivity index (χ0) is 15.6. The van der Waals surface area contributed by atoms with Crippen LogP contribution < -0.4 is 4.74 Å². The molecule has 0 radical (unpaired) electrons. The molecule has 0 atom stereocenters. The highest BCUT2D eigenvalue weighted by atomic mass is 79.9. The predicted octanol–water partition coefficient (Wildman–Crippen LogP) is 4.52. The minimum absolute atomic E-state index is 0.0630. The van der Waals surface area contributed by atoms with Gasteiger partial charge in [-0.05, 0) is 35.0 Å². The van der Waals surface area contributed by atoms with E-state index in [-0.39, 0.29) is 28.1 Å². The monoisotopic (exact) mass is 357 g/mol. The average Bonchev–Trinajstić information content (AvgIpc) is 2.43. The quantitative estimate of drug-likeness (QED) is 0.596. The summed E-state index contributed by atoms with van der Waals surface area (Å²) in [5.74, 6) is -1.40. The molecule has 0 heterocycles. The lowest BCUT2D eigenvalue weighted by molar-refractivity contribution is -0.385. The van der Waals surface area contributed by atoms with Crippen molar-refractivity contribution in [2.24, 2.45) is 0 Å². The van der Waals surface area contributed by atoms with E-state index >= 15 is 0 Å². The van der Waals surface area contributed by atoms with E-state index < -0.39 is 16.6 Å². The molecule has 0 aliphatic heterocycles. The molecule has 4 nitrogen and oxygen atoms in total. The fourth-order valence-corrected chi connectivity index (χ4v) is 2.15. The second kappa shape index (κ2) is 6.17. The van der Waals surface area contributed by atoms with Gasteiger partial charge in [0.25, 0.3) is 5.69 Å². The number of hydrogen-bond acceptors (Lipinski definition) is 3. The molecule has 0 fully saturated rings. The van der Waals surface area contributed by atoms with E-state index in [0.717, 1.165) is 6.07 Å². The Hall–Kier alpha value is -2.02. The Bertz CT molecular complexity index is 707. The molecule has 2 aromatic rings. The molecule has 110 valence electrons. The third-order valence-corrected chi connectivity index (χ3v) is 3.75. The summed E-state index contributed by atoms with van der Waals surface area (Å²) in [6.45, 7) is 1.43. The van der Waals surface area contributed by atoms with Gasteiger partial charge in [0.15, 0.2) is 11.6 Å². The van der Waals surface area contributed by atoms with Crippen molar-refractivity contribution in [1.82, 2.24) is 0 Å². The second-order valence-corrected chi connectivity index (χ2v) is 5.12. The maximum Gasteiger partial charge on any atom is 0.275 e. The van der Waals surface area contributed by atoms with Gasteiger partial charge in [0, 0.05) is 11.1 Å². The standard InChI is InChI=1S/C14H10BrF2NO3/c1-8-5-13(11(17)6-12(8)18(19)20)21-7-9-3-2-4-10(16)14(9)15/h2-6H,7H2,1H3. The summed E-state index contributed by atoms with van der Waals surface area (Å²) in [4.78, 5) is 10.0. The molecule has 0 saturated heterocycles. The molecule has 2 aromatic carbocycles. The van der Waals surface area contributed by atoms with E-state index in [9.17, 15) is 18.9 Å². The zero-order valence-corrected chi connectivity index (χ0v) is 12.5. The number of nitro groups is 1. The summed E-state index contributed by atoms with van der Waals surface area (Å²) in [6.07, 6.45) is 0. The summed E-state index contributed by atoms with van der Waals surface area (Å²) < 4.78 is 32.6. The maximum absolute atomic E-state index is 13.8. The van der Waals surface area contributed by atoms with Crippen molar-refractivity contribution in [3.05, 3.63) is 67.7 Å². The Morgan fingerprint density at radius 2 is 2.00 bits per heavy atom. The van der Waals surface area contributed by atoms with E-state index in [1.807, 2.05) is 0 Å². The zero-order valence-electron chi connectivity index (χ0n) is 10.9. The second-order valence-electron chi connectivity index (χ2n) is 4.33. The first-order valence-electron chi connectivity index (χ1n) is 5.90. The lowest BCUT2D eigenvalue weighted by atomic mass is 10.2. The maximum atomic E-state index is 13.8. The minimum Gasteiger partial charge on any atom is -0.486 e. The first-order chi connectivity index (χ1) is 9.90. The van der Waals surface area contributed by atoms with E-state index in [0.29, 0.717) is 5.56 Å². The third kappa shape index (κ3) is 3.36. The van der Waals surface area contributed by atoms with Crippen LogP contribution in [-0.2, 0) is 6.61 Å². The topological polar surface area (TPSA) is 52.4 Å². The van der Waals surface area contributed by atoms with Crippen LogP contribution in [0.15, 0.2) is 34.8 Å². The van der Waals surface area contributed by atoms with Crippen molar-refractivity contribution in [1.29, 1.82) is 0 Å². The molecule has 0 saturated carbocycles. The van der Waals surface area contributed by atoms with Crippen molar-refractivity contribution in [3.63, 3.8) is 0 Å². The van der Waals surface area contributed by atoms with Gasteiger partial charge in [0.2, 0.25) is 0 Å². The van der Waals surface area contributed by atoms with Gasteiger partial charge < -0.3 is 4.74 Å². The van der Waals surface area contributed by atoms with Crippen LogP contribution >= 0.6 is 15.9 Å². The summed E-state index contributed by atoms with van der Waals surface area (Å²) in [5.41, 5.74) is 0.479. The SMILES string of the molecule is Cc1cc(OCc2cccc(F)c2Br)c(F)cc1[N+](=O)[O-]. The molecule has 0 spiro atoms. The molecule has 0 aromatic heterocycles. The summed E-state index contributed by atoms with van der Waals surface area (Å²) in [7, 11) is 0. The Morgan fingerprint density at radius 3 is 2.67 bits per heavy atom. The van der Waals surface area contributed by atoms with E-state index in [1.54, 1.807) is 6.07 Å². The number of hydrogen-bond donors (Lipinski definition) is 0. The number of ether oxygens (including phenoxy) is 1. The Balaban J connectivity index is 2.23. The Labute approximate surface area is 127 Å². The molecule has 2 rings (SSSR count). The van der Waals surface area contributed by atoms with Crippen molar-refractivity contribution in [2.45, 2.75) is 13.5 Å².